The molecule has 0 bridgehead atoms. The number of rotatable bonds is 1. The van der Waals surface area contributed by atoms with Crippen LogP contribution < -0.4 is 16.2 Å². The van der Waals surface area contributed by atoms with E-state index in [1.807, 2.05) is 0 Å². The highest BCUT2D eigenvalue weighted by atomic mass is 16.1. The van der Waals surface area contributed by atoms with Gasteiger partial charge in [0.05, 0.1) is 0 Å². The number of H-pyrrole nitrogens is 1. The highest BCUT2D eigenvalue weighted by Gasteiger charge is 2.19. The SMILES string of the molecule is C[C@H]1CCCCN1c1cc(=O)[nH]c(N)n1. The van der Waals surface area contributed by atoms with Crippen molar-refractivity contribution >= 4 is 11.8 Å². The topological polar surface area (TPSA) is 75.0 Å². The number of aromatic nitrogens is 2. The third-order valence-electron chi connectivity index (χ3n) is 2.84. The summed E-state index contributed by atoms with van der Waals surface area (Å²) in [4.78, 5) is 20.0. The molecule has 0 aromatic carbocycles. The van der Waals surface area contributed by atoms with Crippen LogP contribution >= 0.6 is 0 Å². The normalized spacial score (nSPS) is 21.7. The third-order valence-corrected chi connectivity index (χ3v) is 2.84. The summed E-state index contributed by atoms with van der Waals surface area (Å²) in [6.45, 7) is 3.11. The monoisotopic (exact) mass is 208 g/mol. The quantitative estimate of drug-likeness (QED) is 0.713. The van der Waals surface area contributed by atoms with Gasteiger partial charge in [0.2, 0.25) is 5.95 Å². The Balaban J connectivity index is 2.31. The zero-order valence-electron chi connectivity index (χ0n) is 8.86. The van der Waals surface area contributed by atoms with E-state index < -0.39 is 0 Å². The van der Waals surface area contributed by atoms with Gasteiger partial charge in [0.15, 0.2) is 0 Å². The molecule has 2 heterocycles. The molecule has 1 saturated heterocycles. The summed E-state index contributed by atoms with van der Waals surface area (Å²) in [6, 6.07) is 1.95. The van der Waals surface area contributed by atoms with Crippen molar-refractivity contribution in [3.63, 3.8) is 0 Å². The van der Waals surface area contributed by atoms with Gasteiger partial charge in [-0.25, -0.2) is 0 Å². The summed E-state index contributed by atoms with van der Waals surface area (Å²) in [6.07, 6.45) is 3.55. The highest BCUT2D eigenvalue weighted by Crippen LogP contribution is 2.21. The highest BCUT2D eigenvalue weighted by molar-refractivity contribution is 5.42. The van der Waals surface area contributed by atoms with Crippen LogP contribution in [0.25, 0.3) is 0 Å². The Kier molecular flexibility index (Phi) is 2.62. The first-order chi connectivity index (χ1) is 7.16. The molecule has 0 radical (unpaired) electrons. The summed E-state index contributed by atoms with van der Waals surface area (Å²) >= 11 is 0. The molecule has 1 atom stereocenters. The van der Waals surface area contributed by atoms with E-state index in [4.69, 9.17) is 5.73 Å². The number of nitrogen functional groups attached to an aromatic ring is 1. The minimum atomic E-state index is -0.185. The van der Waals surface area contributed by atoms with E-state index in [2.05, 4.69) is 21.8 Å². The van der Waals surface area contributed by atoms with Crippen molar-refractivity contribution in [1.29, 1.82) is 0 Å². The number of hydrogen-bond acceptors (Lipinski definition) is 4. The van der Waals surface area contributed by atoms with Crippen LogP contribution in [0, 0.1) is 0 Å². The van der Waals surface area contributed by atoms with Gasteiger partial charge < -0.3 is 10.6 Å². The van der Waals surface area contributed by atoms with Crippen molar-refractivity contribution in [2.75, 3.05) is 17.2 Å². The van der Waals surface area contributed by atoms with Crippen LogP contribution in [0.3, 0.4) is 0 Å². The minimum Gasteiger partial charge on any atom is -0.369 e. The molecule has 82 valence electrons. The smallest absolute Gasteiger partial charge is 0.254 e. The molecule has 5 heteroatoms. The number of anilines is 2. The lowest BCUT2D eigenvalue weighted by atomic mass is 10.0. The molecule has 1 aliphatic heterocycles. The Morgan fingerprint density at radius 2 is 2.40 bits per heavy atom. The zero-order chi connectivity index (χ0) is 10.8. The number of hydrogen-bond donors (Lipinski definition) is 2. The Hall–Kier alpha value is -1.52. The first-order valence-electron chi connectivity index (χ1n) is 5.30. The number of nitrogens with one attached hydrogen (secondary N) is 1. The average Bonchev–Trinajstić information content (AvgIpc) is 2.16. The standard InChI is InChI=1S/C10H16N4O/c1-7-4-2-3-5-14(7)8-6-9(15)13-10(11)12-8/h6-7H,2-5H2,1H3,(H3,11,12,13,15)/t7-/m0/s1. The molecule has 1 aromatic rings. The summed E-state index contributed by atoms with van der Waals surface area (Å²) in [5.41, 5.74) is 5.33. The second-order valence-corrected chi connectivity index (χ2v) is 4.03. The van der Waals surface area contributed by atoms with Gasteiger partial charge >= 0.3 is 0 Å². The first-order valence-corrected chi connectivity index (χ1v) is 5.30. The van der Waals surface area contributed by atoms with E-state index in [-0.39, 0.29) is 11.5 Å². The molecule has 0 unspecified atom stereocenters. The van der Waals surface area contributed by atoms with Crippen LogP contribution in [0.15, 0.2) is 10.9 Å². The van der Waals surface area contributed by atoms with Crippen molar-refractivity contribution in [2.24, 2.45) is 0 Å². The molecular weight excluding hydrogens is 192 g/mol. The van der Waals surface area contributed by atoms with Gasteiger partial charge in [0, 0.05) is 18.7 Å². The summed E-state index contributed by atoms with van der Waals surface area (Å²) < 4.78 is 0. The molecular formula is C10H16N4O. The summed E-state index contributed by atoms with van der Waals surface area (Å²) in [5.74, 6) is 0.888. The summed E-state index contributed by atoms with van der Waals surface area (Å²) in [7, 11) is 0. The van der Waals surface area contributed by atoms with Crippen LogP contribution in [0.5, 0.6) is 0 Å². The van der Waals surface area contributed by atoms with Gasteiger partial charge in [-0.3, -0.25) is 9.78 Å². The van der Waals surface area contributed by atoms with E-state index in [1.165, 1.54) is 12.5 Å². The van der Waals surface area contributed by atoms with Crippen LogP contribution in [-0.2, 0) is 0 Å². The lowest BCUT2D eigenvalue weighted by Crippen LogP contribution is -2.38. The average molecular weight is 208 g/mol. The minimum absolute atomic E-state index is 0.185. The first kappa shape index (κ1) is 10.0. The van der Waals surface area contributed by atoms with Crippen molar-refractivity contribution in [3.05, 3.63) is 16.4 Å². The molecule has 0 saturated carbocycles. The van der Waals surface area contributed by atoms with Crippen molar-refractivity contribution in [1.82, 2.24) is 9.97 Å². The Bertz CT molecular complexity index is 401. The lowest BCUT2D eigenvalue weighted by molar-refractivity contribution is 0.481. The molecule has 5 nitrogen and oxygen atoms in total. The van der Waals surface area contributed by atoms with Crippen LogP contribution in [-0.4, -0.2) is 22.6 Å². The predicted octanol–water partition coefficient (Wildman–Crippen LogP) is 0.731. The van der Waals surface area contributed by atoms with Gasteiger partial charge in [-0.2, -0.15) is 4.98 Å². The van der Waals surface area contributed by atoms with Crippen molar-refractivity contribution in [3.8, 4) is 0 Å². The Labute approximate surface area is 88.3 Å². The fourth-order valence-electron chi connectivity index (χ4n) is 2.05. The van der Waals surface area contributed by atoms with Gasteiger partial charge in [-0.15, -0.1) is 0 Å². The molecule has 15 heavy (non-hydrogen) atoms. The molecule has 0 spiro atoms. The summed E-state index contributed by atoms with van der Waals surface area (Å²) in [5, 5.41) is 0. The van der Waals surface area contributed by atoms with Crippen LogP contribution in [0.4, 0.5) is 11.8 Å². The Morgan fingerprint density at radius 3 is 3.07 bits per heavy atom. The van der Waals surface area contributed by atoms with Crippen molar-refractivity contribution in [2.45, 2.75) is 32.2 Å². The maximum absolute atomic E-state index is 11.3. The second kappa shape index (κ2) is 3.92. The molecule has 3 N–H and O–H groups in total. The van der Waals surface area contributed by atoms with Crippen LogP contribution in [0.2, 0.25) is 0 Å². The number of nitrogens with two attached hydrogens (primary N) is 1. The van der Waals surface area contributed by atoms with E-state index >= 15 is 0 Å². The number of nitrogens with zero attached hydrogens (tertiary/aromatic N) is 2. The predicted molar refractivity (Wildman–Crippen MR) is 59.9 cm³/mol. The van der Waals surface area contributed by atoms with Crippen LogP contribution in [0.1, 0.15) is 26.2 Å². The molecule has 1 aliphatic rings. The maximum atomic E-state index is 11.3. The fourth-order valence-corrected chi connectivity index (χ4v) is 2.05. The number of piperidine rings is 1. The maximum Gasteiger partial charge on any atom is 0.254 e. The number of aromatic amines is 1. The van der Waals surface area contributed by atoms with E-state index in [9.17, 15) is 4.79 Å². The van der Waals surface area contributed by atoms with Crippen molar-refractivity contribution < 1.29 is 0 Å². The zero-order valence-corrected chi connectivity index (χ0v) is 8.86. The fraction of sp³-hybridized carbons (Fsp3) is 0.600. The molecule has 1 fully saturated rings. The van der Waals surface area contributed by atoms with E-state index in [0.29, 0.717) is 11.9 Å². The third kappa shape index (κ3) is 2.11. The van der Waals surface area contributed by atoms with Gasteiger partial charge in [-0.05, 0) is 26.2 Å². The van der Waals surface area contributed by atoms with Gasteiger partial charge in [-0.1, -0.05) is 0 Å². The molecule has 2 rings (SSSR count). The molecule has 1 aromatic heterocycles. The van der Waals surface area contributed by atoms with Gasteiger partial charge in [0.1, 0.15) is 5.82 Å². The lowest BCUT2D eigenvalue weighted by Gasteiger charge is -2.34. The van der Waals surface area contributed by atoms with E-state index in [0.717, 1.165) is 19.4 Å². The molecule has 0 aliphatic carbocycles. The molecule has 0 amide bonds. The van der Waals surface area contributed by atoms with E-state index in [1.54, 1.807) is 0 Å². The largest absolute Gasteiger partial charge is 0.369 e. The van der Waals surface area contributed by atoms with Gasteiger partial charge in [0.25, 0.3) is 5.56 Å². The second-order valence-electron chi connectivity index (χ2n) is 4.03. The Morgan fingerprint density at radius 1 is 1.60 bits per heavy atom.